The van der Waals surface area contributed by atoms with Crippen LogP contribution in [0.5, 0.6) is 0 Å². The van der Waals surface area contributed by atoms with Crippen molar-refractivity contribution in [1.29, 1.82) is 5.26 Å². The van der Waals surface area contributed by atoms with Crippen molar-refractivity contribution in [1.82, 2.24) is 10.6 Å². The average molecular weight is 322 g/mol. The molecule has 0 radical (unpaired) electrons. The van der Waals surface area contributed by atoms with Gasteiger partial charge in [-0.1, -0.05) is 24.3 Å². The smallest absolute Gasteiger partial charge is 0.319 e. The summed E-state index contributed by atoms with van der Waals surface area (Å²) in [6.07, 6.45) is 0. The number of anilines is 1. The Hall–Kier alpha value is -2.84. The van der Waals surface area contributed by atoms with E-state index in [1.165, 1.54) is 0 Å². The van der Waals surface area contributed by atoms with Crippen LogP contribution in [0.15, 0.2) is 48.5 Å². The van der Waals surface area contributed by atoms with Gasteiger partial charge >= 0.3 is 6.03 Å². The summed E-state index contributed by atoms with van der Waals surface area (Å²) in [7, 11) is 0. The maximum atomic E-state index is 11.6. The zero-order chi connectivity index (χ0) is 17.4. The Balaban J connectivity index is 1.81. The fourth-order valence-corrected chi connectivity index (χ4v) is 2.24. The molecule has 2 aromatic rings. The van der Waals surface area contributed by atoms with Crippen molar-refractivity contribution in [3.05, 3.63) is 65.2 Å². The van der Waals surface area contributed by atoms with E-state index in [1.807, 2.05) is 56.3 Å². The quantitative estimate of drug-likeness (QED) is 0.763. The second kappa shape index (κ2) is 8.70. The molecule has 2 rings (SSSR count). The molecule has 3 N–H and O–H groups in total. The number of carbonyl (C=O) groups is 1. The molecule has 0 spiro atoms. The minimum atomic E-state index is -0.201. The van der Waals surface area contributed by atoms with Crippen LogP contribution in [0.4, 0.5) is 10.5 Å². The first-order valence-electron chi connectivity index (χ1n) is 7.93. The summed E-state index contributed by atoms with van der Waals surface area (Å²) >= 11 is 0. The van der Waals surface area contributed by atoms with Gasteiger partial charge in [0, 0.05) is 24.8 Å². The molecule has 0 aromatic heterocycles. The van der Waals surface area contributed by atoms with Gasteiger partial charge in [0.05, 0.1) is 11.6 Å². The molecule has 0 bridgehead atoms. The lowest BCUT2D eigenvalue weighted by Gasteiger charge is -2.11. The Morgan fingerprint density at radius 3 is 2.46 bits per heavy atom. The summed E-state index contributed by atoms with van der Waals surface area (Å²) in [5.41, 5.74) is 3.64. The highest BCUT2D eigenvalue weighted by Gasteiger charge is 2.03. The molecule has 5 heteroatoms. The number of amides is 2. The van der Waals surface area contributed by atoms with Gasteiger partial charge in [0.2, 0.25) is 0 Å². The van der Waals surface area contributed by atoms with Crippen molar-refractivity contribution in [3.63, 3.8) is 0 Å². The second-order valence-corrected chi connectivity index (χ2v) is 5.87. The number of nitrogens with one attached hydrogen (secondary N) is 3. The Kier molecular flexibility index (Phi) is 6.35. The minimum Gasteiger partial charge on any atom is -0.336 e. The summed E-state index contributed by atoms with van der Waals surface area (Å²) in [4.78, 5) is 11.6. The summed E-state index contributed by atoms with van der Waals surface area (Å²) in [6, 6.07) is 17.3. The largest absolute Gasteiger partial charge is 0.336 e. The van der Waals surface area contributed by atoms with Crippen LogP contribution >= 0.6 is 0 Å². The number of hydrogen-bond acceptors (Lipinski definition) is 3. The van der Waals surface area contributed by atoms with Crippen LogP contribution in [-0.4, -0.2) is 12.1 Å². The standard InChI is InChI=1S/C19H22N4O/c1-14(2)22-19(24)23-18-8-6-15(7-9-18)12-21-13-17-5-3-4-16(10-17)11-20/h3-10,14,21H,12-13H2,1-2H3,(H2,22,23,24). The molecule has 0 heterocycles. The summed E-state index contributed by atoms with van der Waals surface area (Å²) in [5.74, 6) is 0. The van der Waals surface area contributed by atoms with Crippen LogP contribution in [0.2, 0.25) is 0 Å². The van der Waals surface area contributed by atoms with Gasteiger partial charge in [0.1, 0.15) is 0 Å². The fraction of sp³-hybridized carbons (Fsp3) is 0.263. The van der Waals surface area contributed by atoms with Gasteiger partial charge in [-0.2, -0.15) is 5.26 Å². The zero-order valence-corrected chi connectivity index (χ0v) is 14.0. The van der Waals surface area contributed by atoms with Crippen LogP contribution in [-0.2, 0) is 13.1 Å². The van der Waals surface area contributed by atoms with Gasteiger partial charge in [-0.15, -0.1) is 0 Å². The van der Waals surface area contributed by atoms with Gasteiger partial charge < -0.3 is 16.0 Å². The van der Waals surface area contributed by atoms with Crippen molar-refractivity contribution < 1.29 is 4.79 Å². The van der Waals surface area contributed by atoms with Gasteiger partial charge in [-0.05, 0) is 49.2 Å². The fourth-order valence-electron chi connectivity index (χ4n) is 2.24. The Labute approximate surface area is 142 Å². The molecule has 2 amide bonds. The minimum absolute atomic E-state index is 0.105. The van der Waals surface area contributed by atoms with Crippen molar-refractivity contribution >= 4 is 11.7 Å². The van der Waals surface area contributed by atoms with Crippen LogP contribution in [0.25, 0.3) is 0 Å². The van der Waals surface area contributed by atoms with Crippen LogP contribution < -0.4 is 16.0 Å². The van der Waals surface area contributed by atoms with E-state index in [9.17, 15) is 4.79 Å². The number of carbonyl (C=O) groups excluding carboxylic acids is 1. The maximum absolute atomic E-state index is 11.6. The lowest BCUT2D eigenvalue weighted by Crippen LogP contribution is -2.34. The van der Waals surface area contributed by atoms with E-state index in [0.717, 1.165) is 23.4 Å². The van der Waals surface area contributed by atoms with Crippen molar-refractivity contribution in [3.8, 4) is 6.07 Å². The highest BCUT2D eigenvalue weighted by Crippen LogP contribution is 2.10. The second-order valence-electron chi connectivity index (χ2n) is 5.87. The number of nitriles is 1. The molecule has 0 saturated heterocycles. The van der Waals surface area contributed by atoms with E-state index in [4.69, 9.17) is 5.26 Å². The van der Waals surface area contributed by atoms with E-state index in [-0.39, 0.29) is 12.1 Å². The van der Waals surface area contributed by atoms with Crippen molar-refractivity contribution in [2.75, 3.05) is 5.32 Å². The Bertz CT molecular complexity index is 717. The molecule has 0 aliphatic rings. The van der Waals surface area contributed by atoms with E-state index >= 15 is 0 Å². The van der Waals surface area contributed by atoms with Gasteiger partial charge in [-0.3, -0.25) is 0 Å². The number of benzene rings is 2. The summed E-state index contributed by atoms with van der Waals surface area (Å²) in [6.45, 7) is 5.25. The SMILES string of the molecule is CC(C)NC(=O)Nc1ccc(CNCc2cccc(C#N)c2)cc1. The molecular weight excluding hydrogens is 300 g/mol. The Morgan fingerprint density at radius 1 is 1.08 bits per heavy atom. The van der Waals surface area contributed by atoms with Gasteiger partial charge in [0.25, 0.3) is 0 Å². The molecule has 0 aliphatic carbocycles. The van der Waals surface area contributed by atoms with Gasteiger partial charge in [-0.25, -0.2) is 4.79 Å². The normalized spacial score (nSPS) is 10.2. The molecule has 0 fully saturated rings. The third kappa shape index (κ3) is 5.75. The first kappa shape index (κ1) is 17.5. The predicted octanol–water partition coefficient (Wildman–Crippen LogP) is 3.38. The number of rotatable bonds is 6. The zero-order valence-electron chi connectivity index (χ0n) is 14.0. The lowest BCUT2D eigenvalue weighted by atomic mass is 10.1. The van der Waals surface area contributed by atoms with Crippen molar-refractivity contribution in [2.45, 2.75) is 33.0 Å². The van der Waals surface area contributed by atoms with Gasteiger partial charge in [0.15, 0.2) is 0 Å². The van der Waals surface area contributed by atoms with E-state index < -0.39 is 0 Å². The van der Waals surface area contributed by atoms with E-state index in [1.54, 1.807) is 6.07 Å². The third-order valence-corrected chi connectivity index (χ3v) is 3.35. The lowest BCUT2D eigenvalue weighted by molar-refractivity contribution is 0.250. The molecule has 5 nitrogen and oxygen atoms in total. The highest BCUT2D eigenvalue weighted by molar-refractivity contribution is 5.89. The average Bonchev–Trinajstić information content (AvgIpc) is 2.56. The molecule has 0 aliphatic heterocycles. The first-order valence-corrected chi connectivity index (χ1v) is 7.93. The molecular formula is C19H22N4O. The molecule has 24 heavy (non-hydrogen) atoms. The number of hydrogen-bond donors (Lipinski definition) is 3. The number of nitrogens with zero attached hydrogens (tertiary/aromatic N) is 1. The molecule has 0 atom stereocenters. The Morgan fingerprint density at radius 2 is 1.79 bits per heavy atom. The number of urea groups is 1. The molecule has 0 saturated carbocycles. The molecule has 2 aromatic carbocycles. The third-order valence-electron chi connectivity index (χ3n) is 3.35. The highest BCUT2D eigenvalue weighted by atomic mass is 16.2. The topological polar surface area (TPSA) is 77.0 Å². The molecule has 0 unspecified atom stereocenters. The molecule has 124 valence electrons. The van der Waals surface area contributed by atoms with E-state index in [2.05, 4.69) is 22.0 Å². The van der Waals surface area contributed by atoms with Crippen molar-refractivity contribution in [2.24, 2.45) is 0 Å². The first-order chi connectivity index (χ1) is 11.6. The van der Waals surface area contributed by atoms with Crippen LogP contribution in [0.1, 0.15) is 30.5 Å². The van der Waals surface area contributed by atoms with Crippen LogP contribution in [0.3, 0.4) is 0 Å². The predicted molar refractivity (Wildman–Crippen MR) is 95.4 cm³/mol. The van der Waals surface area contributed by atoms with Crippen LogP contribution in [0, 0.1) is 11.3 Å². The monoisotopic (exact) mass is 322 g/mol. The van der Waals surface area contributed by atoms with E-state index in [0.29, 0.717) is 12.1 Å². The summed E-state index contributed by atoms with van der Waals surface area (Å²) < 4.78 is 0. The maximum Gasteiger partial charge on any atom is 0.319 e. The summed E-state index contributed by atoms with van der Waals surface area (Å²) in [5, 5.41) is 17.8.